The minimum Gasteiger partial charge on any atom is -0.333 e. The number of hydrogen-bond donors (Lipinski definition) is 1. The molecule has 1 N–H and O–H groups in total. The van der Waals surface area contributed by atoms with Gasteiger partial charge in [0.1, 0.15) is 11.9 Å². The number of nitrogens with zero attached hydrogens (tertiary/aromatic N) is 3. The van der Waals surface area contributed by atoms with Crippen LogP contribution in [0, 0.1) is 6.92 Å². The Bertz CT molecular complexity index is 518. The molecule has 0 saturated carbocycles. The lowest BCUT2D eigenvalue weighted by atomic mass is 10.1. The van der Waals surface area contributed by atoms with Gasteiger partial charge in [0.05, 0.1) is 5.69 Å². The first-order chi connectivity index (χ1) is 9.26. The third kappa shape index (κ3) is 3.20. The second-order valence-corrected chi connectivity index (χ2v) is 4.73. The van der Waals surface area contributed by atoms with Gasteiger partial charge in [-0.2, -0.15) is 0 Å². The van der Waals surface area contributed by atoms with Gasteiger partial charge < -0.3 is 9.88 Å². The number of hydrogen-bond acceptors (Lipinski definition) is 3. The lowest BCUT2D eigenvalue weighted by molar-refractivity contribution is 0.535. The quantitative estimate of drug-likeness (QED) is 0.866. The summed E-state index contributed by atoms with van der Waals surface area (Å²) in [5.41, 5.74) is 2.26. The SMILES string of the molecule is CCCn1ccnc1C(NCC)c1cc(C)ccn1. The van der Waals surface area contributed by atoms with Crippen LogP contribution in [0.15, 0.2) is 30.7 Å². The Kier molecular flexibility index (Phi) is 4.68. The smallest absolute Gasteiger partial charge is 0.132 e. The molecule has 0 aliphatic rings. The van der Waals surface area contributed by atoms with E-state index in [1.807, 2.05) is 24.7 Å². The number of imidazole rings is 1. The van der Waals surface area contributed by atoms with Crippen molar-refractivity contribution in [1.29, 1.82) is 0 Å². The molecular formula is C15H22N4. The van der Waals surface area contributed by atoms with Gasteiger partial charge in [-0.15, -0.1) is 0 Å². The minimum atomic E-state index is 0.0615. The van der Waals surface area contributed by atoms with Crippen molar-refractivity contribution >= 4 is 0 Å². The van der Waals surface area contributed by atoms with E-state index in [1.165, 1.54) is 5.56 Å². The normalized spacial score (nSPS) is 12.6. The lowest BCUT2D eigenvalue weighted by Gasteiger charge is -2.18. The Morgan fingerprint density at radius 2 is 2.11 bits per heavy atom. The van der Waals surface area contributed by atoms with Crippen LogP contribution in [-0.2, 0) is 6.54 Å². The second kappa shape index (κ2) is 6.48. The molecule has 0 bridgehead atoms. The van der Waals surface area contributed by atoms with Crippen LogP contribution >= 0.6 is 0 Å². The van der Waals surface area contributed by atoms with Crippen LogP contribution in [0.25, 0.3) is 0 Å². The number of pyridine rings is 1. The first kappa shape index (κ1) is 13.7. The summed E-state index contributed by atoms with van der Waals surface area (Å²) < 4.78 is 2.21. The molecule has 0 aliphatic carbocycles. The van der Waals surface area contributed by atoms with Crippen LogP contribution < -0.4 is 5.32 Å². The van der Waals surface area contributed by atoms with E-state index in [1.54, 1.807) is 0 Å². The Morgan fingerprint density at radius 1 is 1.26 bits per heavy atom. The van der Waals surface area contributed by atoms with E-state index in [0.29, 0.717) is 0 Å². The number of rotatable bonds is 6. The largest absolute Gasteiger partial charge is 0.333 e. The van der Waals surface area contributed by atoms with Gasteiger partial charge in [0, 0.05) is 25.1 Å². The predicted molar refractivity (Wildman–Crippen MR) is 77.0 cm³/mol. The highest BCUT2D eigenvalue weighted by Gasteiger charge is 2.19. The average Bonchev–Trinajstić information content (AvgIpc) is 2.84. The average molecular weight is 258 g/mol. The summed E-state index contributed by atoms with van der Waals surface area (Å²) >= 11 is 0. The van der Waals surface area contributed by atoms with Crippen LogP contribution in [0.5, 0.6) is 0 Å². The van der Waals surface area contributed by atoms with Crippen molar-refractivity contribution in [1.82, 2.24) is 19.9 Å². The van der Waals surface area contributed by atoms with Crippen LogP contribution in [0.1, 0.15) is 43.4 Å². The summed E-state index contributed by atoms with van der Waals surface area (Å²) in [6, 6.07) is 4.20. The summed E-state index contributed by atoms with van der Waals surface area (Å²) in [4.78, 5) is 9.02. The van der Waals surface area contributed by atoms with Crippen molar-refractivity contribution in [2.45, 2.75) is 39.8 Å². The minimum absolute atomic E-state index is 0.0615. The molecule has 0 spiro atoms. The monoisotopic (exact) mass is 258 g/mol. The molecule has 4 heteroatoms. The third-order valence-corrected chi connectivity index (χ3v) is 3.11. The Morgan fingerprint density at radius 3 is 2.79 bits per heavy atom. The van der Waals surface area contributed by atoms with Crippen LogP contribution in [0.3, 0.4) is 0 Å². The van der Waals surface area contributed by atoms with Crippen molar-refractivity contribution < 1.29 is 0 Å². The van der Waals surface area contributed by atoms with Gasteiger partial charge in [0.2, 0.25) is 0 Å². The molecule has 2 rings (SSSR count). The maximum atomic E-state index is 4.52. The van der Waals surface area contributed by atoms with E-state index < -0.39 is 0 Å². The summed E-state index contributed by atoms with van der Waals surface area (Å²) in [7, 11) is 0. The van der Waals surface area contributed by atoms with Gasteiger partial charge in [-0.05, 0) is 37.6 Å². The van der Waals surface area contributed by atoms with E-state index in [4.69, 9.17) is 0 Å². The van der Waals surface area contributed by atoms with Crippen molar-refractivity contribution in [3.05, 3.63) is 47.8 Å². The van der Waals surface area contributed by atoms with E-state index in [9.17, 15) is 0 Å². The molecule has 1 unspecified atom stereocenters. The maximum Gasteiger partial charge on any atom is 0.132 e. The number of aryl methyl sites for hydroxylation is 2. The zero-order valence-corrected chi connectivity index (χ0v) is 11.9. The second-order valence-electron chi connectivity index (χ2n) is 4.73. The Hall–Kier alpha value is -1.68. The van der Waals surface area contributed by atoms with Gasteiger partial charge in [0.25, 0.3) is 0 Å². The highest BCUT2D eigenvalue weighted by Crippen LogP contribution is 2.19. The van der Waals surface area contributed by atoms with E-state index in [-0.39, 0.29) is 6.04 Å². The summed E-state index contributed by atoms with van der Waals surface area (Å²) in [5.74, 6) is 1.04. The topological polar surface area (TPSA) is 42.7 Å². The molecule has 2 aromatic heterocycles. The Labute approximate surface area is 114 Å². The molecule has 0 aromatic carbocycles. The van der Waals surface area contributed by atoms with Gasteiger partial charge >= 0.3 is 0 Å². The van der Waals surface area contributed by atoms with Crippen LogP contribution in [0.4, 0.5) is 0 Å². The molecule has 102 valence electrons. The molecule has 0 saturated heterocycles. The van der Waals surface area contributed by atoms with Gasteiger partial charge in [-0.25, -0.2) is 4.98 Å². The number of aromatic nitrogens is 3. The molecule has 0 amide bonds. The lowest BCUT2D eigenvalue weighted by Crippen LogP contribution is -2.26. The molecule has 0 aliphatic heterocycles. The Balaban J connectivity index is 2.36. The van der Waals surface area contributed by atoms with Crippen molar-refractivity contribution in [3.63, 3.8) is 0 Å². The van der Waals surface area contributed by atoms with E-state index >= 15 is 0 Å². The molecule has 2 heterocycles. The maximum absolute atomic E-state index is 4.52. The molecule has 19 heavy (non-hydrogen) atoms. The van der Waals surface area contributed by atoms with Crippen molar-refractivity contribution in [3.8, 4) is 0 Å². The summed E-state index contributed by atoms with van der Waals surface area (Å²) in [5, 5.41) is 3.48. The first-order valence-electron chi connectivity index (χ1n) is 6.93. The fourth-order valence-corrected chi connectivity index (χ4v) is 2.26. The van der Waals surface area contributed by atoms with E-state index in [0.717, 1.165) is 31.0 Å². The van der Waals surface area contributed by atoms with Gasteiger partial charge in [0.15, 0.2) is 0 Å². The predicted octanol–water partition coefficient (Wildman–Crippen LogP) is 2.70. The molecular weight excluding hydrogens is 236 g/mol. The third-order valence-electron chi connectivity index (χ3n) is 3.11. The zero-order valence-electron chi connectivity index (χ0n) is 11.9. The van der Waals surface area contributed by atoms with Gasteiger partial charge in [-0.3, -0.25) is 4.98 Å². The van der Waals surface area contributed by atoms with Crippen LogP contribution in [0.2, 0.25) is 0 Å². The van der Waals surface area contributed by atoms with Crippen molar-refractivity contribution in [2.24, 2.45) is 0 Å². The fourth-order valence-electron chi connectivity index (χ4n) is 2.26. The van der Waals surface area contributed by atoms with Gasteiger partial charge in [-0.1, -0.05) is 13.8 Å². The number of nitrogens with one attached hydrogen (secondary N) is 1. The summed E-state index contributed by atoms with van der Waals surface area (Å²) in [6.07, 6.45) is 6.87. The van der Waals surface area contributed by atoms with Crippen LogP contribution in [-0.4, -0.2) is 21.1 Å². The standard InChI is InChI=1S/C15H22N4/c1-4-9-19-10-8-18-15(19)14(16-5-2)13-11-12(3)6-7-17-13/h6-8,10-11,14,16H,4-5,9H2,1-3H3. The molecule has 0 fully saturated rings. The highest BCUT2D eigenvalue weighted by atomic mass is 15.1. The molecule has 2 aromatic rings. The molecule has 0 radical (unpaired) electrons. The highest BCUT2D eigenvalue weighted by molar-refractivity contribution is 5.22. The van der Waals surface area contributed by atoms with Crippen molar-refractivity contribution in [2.75, 3.05) is 6.54 Å². The first-order valence-corrected chi connectivity index (χ1v) is 6.93. The fraction of sp³-hybridized carbons (Fsp3) is 0.467. The van der Waals surface area contributed by atoms with E-state index in [2.05, 4.69) is 46.7 Å². The zero-order chi connectivity index (χ0) is 13.7. The molecule has 1 atom stereocenters. The molecule has 4 nitrogen and oxygen atoms in total. The summed E-state index contributed by atoms with van der Waals surface area (Å²) in [6.45, 7) is 8.25.